The van der Waals surface area contributed by atoms with E-state index in [1.165, 1.54) is 17.4 Å². The van der Waals surface area contributed by atoms with Gasteiger partial charge in [0.15, 0.2) is 0 Å². The van der Waals surface area contributed by atoms with Crippen LogP contribution in [0.5, 0.6) is 5.75 Å². The molecule has 2 aromatic rings. The van der Waals surface area contributed by atoms with Crippen molar-refractivity contribution in [3.63, 3.8) is 0 Å². The van der Waals surface area contributed by atoms with Crippen molar-refractivity contribution in [2.24, 2.45) is 0 Å². The van der Waals surface area contributed by atoms with E-state index in [0.29, 0.717) is 8.27 Å². The summed E-state index contributed by atoms with van der Waals surface area (Å²) >= 11 is 3.22. The van der Waals surface area contributed by atoms with Crippen LogP contribution in [0.4, 0.5) is 5.69 Å². The molecule has 1 aromatic carbocycles. The summed E-state index contributed by atoms with van der Waals surface area (Å²) < 4.78 is 1.32. The Morgan fingerprint density at radius 2 is 2.21 bits per heavy atom. The summed E-state index contributed by atoms with van der Waals surface area (Å²) in [5, 5.41) is 20.6. The van der Waals surface area contributed by atoms with Crippen molar-refractivity contribution in [2.45, 2.75) is 0 Å². The van der Waals surface area contributed by atoms with Crippen LogP contribution in [0, 0.1) is 13.0 Å². The van der Waals surface area contributed by atoms with Crippen molar-refractivity contribution in [3.8, 4) is 5.75 Å². The Morgan fingerprint density at radius 1 is 1.50 bits per heavy atom. The topological polar surface area (TPSA) is 63.4 Å². The molecule has 0 aliphatic heterocycles. The third kappa shape index (κ3) is 1.34. The number of nitro groups is 1. The van der Waals surface area contributed by atoms with Gasteiger partial charge in [-0.05, 0) is 34.7 Å². The number of fused-ring (bicyclic) bond motifs is 1. The van der Waals surface area contributed by atoms with E-state index < -0.39 is 4.92 Å². The fourth-order valence-electron chi connectivity index (χ4n) is 1.25. The zero-order chi connectivity index (χ0) is 10.3. The van der Waals surface area contributed by atoms with Crippen LogP contribution in [0.3, 0.4) is 0 Å². The lowest BCUT2D eigenvalue weighted by Crippen LogP contribution is -1.87. The van der Waals surface area contributed by atoms with Crippen LogP contribution >= 0.6 is 33.9 Å². The van der Waals surface area contributed by atoms with Crippen LogP contribution in [0.25, 0.3) is 10.1 Å². The molecular weight excluding hydrogens is 317 g/mol. The molecule has 4 nitrogen and oxygen atoms in total. The highest BCUT2D eigenvalue weighted by Crippen LogP contribution is 2.42. The van der Waals surface area contributed by atoms with Gasteiger partial charge in [0.05, 0.1) is 4.92 Å². The zero-order valence-corrected chi connectivity index (χ0v) is 9.70. The molecule has 1 aromatic heterocycles. The number of benzene rings is 1. The third-order valence-corrected chi connectivity index (χ3v) is 3.91. The highest BCUT2D eigenvalue weighted by molar-refractivity contribution is 14.1. The van der Waals surface area contributed by atoms with E-state index >= 15 is 0 Å². The molecule has 2 rings (SSSR count). The predicted molar refractivity (Wildman–Crippen MR) is 62.9 cm³/mol. The van der Waals surface area contributed by atoms with Crippen LogP contribution in [-0.4, -0.2) is 10.0 Å². The molecule has 6 heteroatoms. The average Bonchev–Trinajstić information content (AvgIpc) is 2.42. The van der Waals surface area contributed by atoms with Gasteiger partial charge in [-0.1, -0.05) is 6.07 Å². The summed E-state index contributed by atoms with van der Waals surface area (Å²) in [5.41, 5.74) is 0.00343. The summed E-state index contributed by atoms with van der Waals surface area (Å²) in [4.78, 5) is 10.3. The van der Waals surface area contributed by atoms with Gasteiger partial charge >= 0.3 is 5.69 Å². The molecule has 72 valence electrons. The number of aromatic hydroxyl groups is 1. The Kier molecular flexibility index (Phi) is 2.31. The van der Waals surface area contributed by atoms with Crippen LogP contribution < -0.4 is 0 Å². The molecule has 0 fully saturated rings. The smallest absolute Gasteiger partial charge is 0.304 e. The van der Waals surface area contributed by atoms with Crippen molar-refractivity contribution >= 4 is 49.7 Å². The quantitative estimate of drug-likeness (QED) is 0.499. The van der Waals surface area contributed by atoms with Gasteiger partial charge in [-0.3, -0.25) is 10.1 Å². The maximum absolute atomic E-state index is 10.7. The van der Waals surface area contributed by atoms with E-state index in [-0.39, 0.29) is 11.4 Å². The molecule has 14 heavy (non-hydrogen) atoms. The van der Waals surface area contributed by atoms with Gasteiger partial charge in [0.25, 0.3) is 0 Å². The van der Waals surface area contributed by atoms with E-state index in [2.05, 4.69) is 0 Å². The number of nitrogens with zero attached hydrogens (tertiary/aromatic N) is 1. The number of rotatable bonds is 1. The second-order valence-corrected chi connectivity index (χ2v) is 5.49. The minimum absolute atomic E-state index is 0.00343. The molecular formula is C8H4INO3S. The molecule has 0 aliphatic carbocycles. The number of halogens is 1. The Bertz CT molecular complexity index is 523. The number of phenols is 1. The molecule has 0 saturated carbocycles. The van der Waals surface area contributed by atoms with E-state index in [9.17, 15) is 15.2 Å². The first-order valence-corrected chi connectivity index (χ1v) is 5.55. The van der Waals surface area contributed by atoms with Gasteiger partial charge in [0, 0.05) is 4.70 Å². The molecule has 0 saturated heterocycles. The van der Waals surface area contributed by atoms with Gasteiger partial charge in [0.2, 0.25) is 0 Å². The lowest BCUT2D eigenvalue weighted by molar-refractivity contribution is -0.383. The number of thiophene rings is 1. The van der Waals surface area contributed by atoms with E-state index in [4.69, 9.17) is 0 Å². The minimum atomic E-state index is -0.458. The maximum atomic E-state index is 10.7. The maximum Gasteiger partial charge on any atom is 0.304 e. The SMILES string of the molecule is O=[N+]([O-])c1c(I)sc2cccc(O)c12. The van der Waals surface area contributed by atoms with Gasteiger partial charge in [-0.15, -0.1) is 11.3 Å². The fourth-order valence-corrected chi connectivity index (χ4v) is 3.34. The van der Waals surface area contributed by atoms with Crippen LogP contribution in [0.15, 0.2) is 18.2 Å². The first-order valence-electron chi connectivity index (χ1n) is 3.65. The molecule has 0 aliphatic rings. The molecule has 0 unspecified atom stereocenters. The van der Waals surface area contributed by atoms with Crippen LogP contribution in [0.2, 0.25) is 0 Å². The zero-order valence-electron chi connectivity index (χ0n) is 6.73. The normalized spacial score (nSPS) is 10.6. The van der Waals surface area contributed by atoms with Crippen LogP contribution in [0.1, 0.15) is 0 Å². The Balaban J connectivity index is 2.93. The largest absolute Gasteiger partial charge is 0.507 e. The molecule has 0 spiro atoms. The predicted octanol–water partition coefficient (Wildman–Crippen LogP) is 3.12. The molecule has 0 amide bonds. The Hall–Kier alpha value is -0.890. The van der Waals surface area contributed by atoms with Crippen molar-refractivity contribution in [1.29, 1.82) is 0 Å². The van der Waals surface area contributed by atoms with Gasteiger partial charge in [-0.2, -0.15) is 0 Å². The van der Waals surface area contributed by atoms with Crippen molar-refractivity contribution in [2.75, 3.05) is 0 Å². The molecule has 0 atom stereocenters. The first-order chi connectivity index (χ1) is 6.61. The third-order valence-electron chi connectivity index (χ3n) is 1.81. The number of hydrogen-bond donors (Lipinski definition) is 1. The summed E-state index contributed by atoms with van der Waals surface area (Å²) in [6, 6.07) is 4.89. The molecule has 0 radical (unpaired) electrons. The monoisotopic (exact) mass is 321 g/mol. The van der Waals surface area contributed by atoms with Gasteiger partial charge in [-0.25, -0.2) is 0 Å². The second-order valence-electron chi connectivity index (χ2n) is 2.63. The van der Waals surface area contributed by atoms with Crippen molar-refractivity contribution in [3.05, 3.63) is 31.2 Å². The first kappa shape index (κ1) is 9.66. The highest BCUT2D eigenvalue weighted by Gasteiger charge is 2.22. The van der Waals surface area contributed by atoms with Gasteiger partial charge in [0.1, 0.15) is 14.0 Å². The Morgan fingerprint density at radius 3 is 2.86 bits per heavy atom. The van der Waals surface area contributed by atoms with Crippen LogP contribution in [-0.2, 0) is 0 Å². The van der Waals surface area contributed by atoms with E-state index in [1.807, 2.05) is 22.6 Å². The van der Waals surface area contributed by atoms with Crippen molar-refractivity contribution < 1.29 is 10.0 Å². The lowest BCUT2D eigenvalue weighted by atomic mass is 10.2. The van der Waals surface area contributed by atoms with E-state index in [1.54, 1.807) is 12.1 Å². The number of hydrogen-bond acceptors (Lipinski definition) is 4. The number of phenolic OH excluding ortho intramolecular Hbond substituents is 1. The summed E-state index contributed by atoms with van der Waals surface area (Å²) in [7, 11) is 0. The summed E-state index contributed by atoms with van der Waals surface area (Å²) in [6.45, 7) is 0. The minimum Gasteiger partial charge on any atom is -0.507 e. The van der Waals surface area contributed by atoms with Gasteiger partial charge < -0.3 is 5.11 Å². The Labute approximate surface area is 96.5 Å². The summed E-state index contributed by atoms with van der Waals surface area (Å²) in [6.07, 6.45) is 0. The summed E-state index contributed by atoms with van der Waals surface area (Å²) in [5.74, 6) is -0.0339. The molecule has 1 heterocycles. The average molecular weight is 321 g/mol. The van der Waals surface area contributed by atoms with E-state index in [0.717, 1.165) is 4.70 Å². The molecule has 0 bridgehead atoms. The standard InChI is InChI=1S/C8H4INO3S/c9-8-7(10(12)13)6-4(11)2-1-3-5(6)14-8/h1-3,11H. The second kappa shape index (κ2) is 3.35. The highest BCUT2D eigenvalue weighted by atomic mass is 127. The van der Waals surface area contributed by atoms with Crippen molar-refractivity contribution in [1.82, 2.24) is 0 Å². The molecule has 1 N–H and O–H groups in total. The fraction of sp³-hybridized carbons (Fsp3) is 0. The lowest BCUT2D eigenvalue weighted by Gasteiger charge is -1.93.